The Morgan fingerprint density at radius 3 is 2.16 bits per heavy atom. The van der Waals surface area contributed by atoms with Gasteiger partial charge in [0.15, 0.2) is 5.78 Å². The largest absolute Gasteiger partial charge is 0.508 e. The van der Waals surface area contributed by atoms with Gasteiger partial charge in [0, 0.05) is 11.8 Å². The van der Waals surface area contributed by atoms with Gasteiger partial charge in [-0.3, -0.25) is 14.5 Å². The van der Waals surface area contributed by atoms with Gasteiger partial charge in [-0.15, -0.1) is 0 Å². The highest BCUT2D eigenvalue weighted by molar-refractivity contribution is 6.23. The number of ether oxygens (including phenoxy) is 2. The molecule has 0 aromatic heterocycles. The average Bonchev–Trinajstić information content (AvgIpc) is 3.22. The number of aliphatic hydroxyl groups is 1. The average molecular weight is 438 g/mol. The summed E-state index contributed by atoms with van der Waals surface area (Å²) < 4.78 is 10.6. The molecule has 7 heteroatoms. The molecule has 1 fully saturated rings. The number of esters is 1. The fraction of sp³-hybridized carbons (Fsp3) is 0.792. The van der Waals surface area contributed by atoms with E-state index in [2.05, 4.69) is 6.92 Å². The Morgan fingerprint density at radius 2 is 1.65 bits per heavy atom. The number of ketones is 1. The van der Waals surface area contributed by atoms with Crippen molar-refractivity contribution >= 4 is 17.7 Å². The molecule has 31 heavy (non-hydrogen) atoms. The van der Waals surface area contributed by atoms with Crippen LogP contribution in [0.2, 0.25) is 0 Å². The summed E-state index contributed by atoms with van der Waals surface area (Å²) in [6, 6.07) is 0. The number of hydrogen-bond donors (Lipinski definition) is 1. The zero-order valence-corrected chi connectivity index (χ0v) is 19.8. The molecule has 2 heterocycles. The van der Waals surface area contributed by atoms with Gasteiger partial charge in [0.05, 0.1) is 13.7 Å². The number of Topliss-reactive ketones (excluding diaryl/α,β-unsaturated/α-hetero) is 1. The monoisotopic (exact) mass is 437 g/mol. The number of rotatable bonds is 12. The molecule has 0 saturated carbocycles. The number of methoxy groups -OCH3 is 1. The van der Waals surface area contributed by atoms with Gasteiger partial charge in [-0.1, -0.05) is 79.1 Å². The first-order valence-corrected chi connectivity index (χ1v) is 11.6. The smallest absolute Gasteiger partial charge is 0.342 e. The lowest BCUT2D eigenvalue weighted by atomic mass is 9.91. The highest BCUT2D eigenvalue weighted by Gasteiger charge is 2.67. The van der Waals surface area contributed by atoms with Crippen LogP contribution in [0.15, 0.2) is 11.3 Å². The predicted octanol–water partition coefficient (Wildman–Crippen LogP) is 4.44. The zero-order valence-electron chi connectivity index (χ0n) is 19.8. The number of carbonyl (C=O) groups is 3. The molecule has 0 aromatic carbocycles. The summed E-state index contributed by atoms with van der Waals surface area (Å²) in [5.74, 6) is -2.40. The second-order valence-corrected chi connectivity index (χ2v) is 9.78. The van der Waals surface area contributed by atoms with Crippen molar-refractivity contribution in [1.82, 2.24) is 4.90 Å². The first-order valence-electron chi connectivity index (χ1n) is 11.6. The van der Waals surface area contributed by atoms with Crippen LogP contribution in [-0.4, -0.2) is 53.1 Å². The minimum absolute atomic E-state index is 0.174. The van der Waals surface area contributed by atoms with E-state index in [1.165, 1.54) is 44.1 Å². The van der Waals surface area contributed by atoms with E-state index < -0.39 is 40.6 Å². The highest BCUT2D eigenvalue weighted by Crippen LogP contribution is 2.46. The maximum atomic E-state index is 13.2. The lowest BCUT2D eigenvalue weighted by molar-refractivity contribution is -0.158. The van der Waals surface area contributed by atoms with Crippen LogP contribution in [0.1, 0.15) is 91.9 Å². The maximum absolute atomic E-state index is 13.2. The molecule has 2 rings (SSSR count). The second-order valence-electron chi connectivity index (χ2n) is 9.78. The summed E-state index contributed by atoms with van der Waals surface area (Å²) in [6.45, 7) is 7.59. The van der Waals surface area contributed by atoms with E-state index in [1.54, 1.807) is 0 Å². The first-order chi connectivity index (χ1) is 14.6. The van der Waals surface area contributed by atoms with Crippen molar-refractivity contribution in [2.75, 3.05) is 13.7 Å². The van der Waals surface area contributed by atoms with Crippen molar-refractivity contribution in [3.63, 3.8) is 0 Å². The molecule has 0 spiro atoms. The number of unbranched alkanes of at least 4 members (excludes halogenated alkanes) is 8. The number of amides is 1. The fourth-order valence-electron chi connectivity index (χ4n) is 4.47. The van der Waals surface area contributed by atoms with Crippen LogP contribution in [0.25, 0.3) is 0 Å². The molecule has 0 aliphatic carbocycles. The molecule has 1 N–H and O–H groups in total. The van der Waals surface area contributed by atoms with Crippen LogP contribution in [0.3, 0.4) is 0 Å². The maximum Gasteiger partial charge on any atom is 0.342 e. The van der Waals surface area contributed by atoms with Gasteiger partial charge in [0.1, 0.15) is 17.6 Å². The van der Waals surface area contributed by atoms with Crippen LogP contribution < -0.4 is 0 Å². The summed E-state index contributed by atoms with van der Waals surface area (Å²) in [6.07, 6.45) is 9.45. The second kappa shape index (κ2) is 10.6. The number of aliphatic hydroxyl groups excluding tert-OH is 1. The van der Waals surface area contributed by atoms with Crippen molar-refractivity contribution in [1.29, 1.82) is 0 Å². The molecular formula is C24H39NO6. The molecule has 1 saturated heterocycles. The Kier molecular flexibility index (Phi) is 8.69. The summed E-state index contributed by atoms with van der Waals surface area (Å²) in [5, 5.41) is 10.9. The number of nitrogens with zero attached hydrogens (tertiary/aromatic N) is 1. The Morgan fingerprint density at radius 1 is 1.10 bits per heavy atom. The van der Waals surface area contributed by atoms with Crippen LogP contribution in [0.5, 0.6) is 0 Å². The van der Waals surface area contributed by atoms with E-state index in [9.17, 15) is 19.5 Å². The molecule has 0 bridgehead atoms. The van der Waals surface area contributed by atoms with E-state index in [0.29, 0.717) is 6.42 Å². The lowest BCUT2D eigenvalue weighted by Gasteiger charge is -2.36. The predicted molar refractivity (Wildman–Crippen MR) is 117 cm³/mol. The molecule has 2 aliphatic heterocycles. The van der Waals surface area contributed by atoms with Crippen molar-refractivity contribution in [2.24, 2.45) is 5.41 Å². The van der Waals surface area contributed by atoms with E-state index in [1.807, 2.05) is 20.8 Å². The van der Waals surface area contributed by atoms with Crippen LogP contribution >= 0.6 is 0 Å². The topological polar surface area (TPSA) is 93.1 Å². The van der Waals surface area contributed by atoms with Gasteiger partial charge in [0.25, 0.3) is 5.91 Å². The minimum Gasteiger partial charge on any atom is -0.508 e. The molecule has 0 aromatic rings. The van der Waals surface area contributed by atoms with Gasteiger partial charge in [-0.05, 0) is 6.42 Å². The molecule has 0 radical (unpaired) electrons. The first kappa shape index (κ1) is 25.4. The van der Waals surface area contributed by atoms with E-state index in [0.717, 1.165) is 19.3 Å². The molecule has 1 amide bonds. The minimum atomic E-state index is -1.77. The SMILES string of the molecule is CCCCCCCCCCCC(=O)C1=C(O)[C@]2(C(=O)OC)CO[C@@H](C(C)(C)C)N2C1=O. The zero-order chi connectivity index (χ0) is 23.2. The quantitative estimate of drug-likeness (QED) is 0.275. The molecule has 0 unspecified atom stereocenters. The van der Waals surface area contributed by atoms with E-state index >= 15 is 0 Å². The molecular weight excluding hydrogens is 398 g/mol. The number of carbonyl (C=O) groups excluding carboxylic acids is 3. The third kappa shape index (κ3) is 5.13. The molecule has 176 valence electrons. The van der Waals surface area contributed by atoms with Crippen molar-refractivity contribution in [2.45, 2.75) is 104 Å². The van der Waals surface area contributed by atoms with Gasteiger partial charge in [-0.25, -0.2) is 4.79 Å². The summed E-state index contributed by atoms with van der Waals surface area (Å²) >= 11 is 0. The van der Waals surface area contributed by atoms with Crippen LogP contribution in [0, 0.1) is 5.41 Å². The van der Waals surface area contributed by atoms with E-state index in [-0.39, 0.29) is 18.6 Å². The Balaban J connectivity index is 2.02. The molecule has 2 aliphatic rings. The third-order valence-electron chi connectivity index (χ3n) is 6.21. The van der Waals surface area contributed by atoms with Crippen molar-refractivity contribution in [3.05, 3.63) is 11.3 Å². The Labute approximate surface area is 186 Å². The third-order valence-corrected chi connectivity index (χ3v) is 6.21. The van der Waals surface area contributed by atoms with E-state index in [4.69, 9.17) is 9.47 Å². The van der Waals surface area contributed by atoms with Gasteiger partial charge < -0.3 is 14.6 Å². The van der Waals surface area contributed by atoms with Crippen molar-refractivity contribution < 1.29 is 29.0 Å². The normalized spacial score (nSPS) is 23.5. The molecule has 2 atom stereocenters. The number of hydrogen-bond acceptors (Lipinski definition) is 6. The number of fused-ring (bicyclic) bond motifs is 1. The summed E-state index contributed by atoms with van der Waals surface area (Å²) in [4.78, 5) is 39.9. The van der Waals surface area contributed by atoms with Crippen molar-refractivity contribution in [3.8, 4) is 0 Å². The summed E-state index contributed by atoms with van der Waals surface area (Å²) in [7, 11) is 1.19. The Hall–Kier alpha value is -1.89. The van der Waals surface area contributed by atoms with Gasteiger partial charge >= 0.3 is 5.97 Å². The highest BCUT2D eigenvalue weighted by atomic mass is 16.6. The van der Waals surface area contributed by atoms with Crippen LogP contribution in [0.4, 0.5) is 0 Å². The lowest BCUT2D eigenvalue weighted by Crippen LogP contribution is -2.56. The summed E-state index contributed by atoms with van der Waals surface area (Å²) in [5.41, 5.74) is -2.57. The fourth-order valence-corrected chi connectivity index (χ4v) is 4.47. The van der Waals surface area contributed by atoms with Crippen LogP contribution in [-0.2, 0) is 23.9 Å². The van der Waals surface area contributed by atoms with Gasteiger partial charge in [0.2, 0.25) is 5.54 Å². The standard InChI is InChI=1S/C24H39NO6/c1-6-7-8-9-10-11-12-13-14-15-17(26)18-19(27)24(22(29)30-5)16-31-21(23(2,3)4)25(24)20(18)28/h21,27H,6-16H2,1-5H3/t21-,24-/m0/s1. The Bertz CT molecular complexity index is 707. The molecule has 7 nitrogen and oxygen atoms in total. The van der Waals surface area contributed by atoms with Gasteiger partial charge in [-0.2, -0.15) is 0 Å².